The molecule has 0 spiro atoms. The van der Waals surface area contributed by atoms with Gasteiger partial charge in [0.25, 0.3) is 0 Å². The predicted octanol–water partition coefficient (Wildman–Crippen LogP) is 2.26. The molecule has 1 rings (SSSR count). The third-order valence-electron chi connectivity index (χ3n) is 1.84. The molecule has 0 saturated carbocycles. The largest absolute Gasteiger partial charge is 0.348 e. The fraction of sp³-hybridized carbons (Fsp3) is 0.364. The number of benzene rings is 1. The smallest absolute Gasteiger partial charge is 0.235 e. The Morgan fingerprint density at radius 2 is 1.86 bits per heavy atom. The van der Waals surface area contributed by atoms with Crippen molar-refractivity contribution in [2.75, 3.05) is 14.1 Å². The summed E-state index contributed by atoms with van der Waals surface area (Å²) >= 11 is 1.59. The summed E-state index contributed by atoms with van der Waals surface area (Å²) in [5.74, 6) is 0.152. The van der Waals surface area contributed by atoms with Gasteiger partial charge in [-0.05, 0) is 19.1 Å². The monoisotopic (exact) mass is 209 g/mol. The molecule has 76 valence electrons. The molecule has 2 nitrogen and oxygen atoms in total. The average molecular weight is 209 g/mol. The molecule has 0 heterocycles. The molecule has 0 N–H and O–H groups in total. The zero-order chi connectivity index (χ0) is 10.6. The quantitative estimate of drug-likeness (QED) is 0.712. The van der Waals surface area contributed by atoms with Crippen LogP contribution in [0.2, 0.25) is 0 Å². The van der Waals surface area contributed by atoms with Gasteiger partial charge in [0.05, 0.1) is 5.25 Å². The van der Waals surface area contributed by atoms with Gasteiger partial charge in [0.1, 0.15) is 0 Å². The van der Waals surface area contributed by atoms with Gasteiger partial charge in [-0.2, -0.15) is 0 Å². The molecule has 1 atom stereocenters. The SMILES string of the molecule is CC(Sc1ccccc1)C(=O)N(C)C. The summed E-state index contributed by atoms with van der Waals surface area (Å²) in [6, 6.07) is 9.97. The van der Waals surface area contributed by atoms with Gasteiger partial charge in [-0.15, -0.1) is 11.8 Å². The van der Waals surface area contributed by atoms with E-state index in [-0.39, 0.29) is 11.2 Å². The number of amides is 1. The van der Waals surface area contributed by atoms with Gasteiger partial charge in [0.2, 0.25) is 5.91 Å². The fourth-order valence-electron chi connectivity index (χ4n) is 1.12. The van der Waals surface area contributed by atoms with E-state index in [4.69, 9.17) is 0 Å². The summed E-state index contributed by atoms with van der Waals surface area (Å²) in [7, 11) is 3.56. The number of nitrogens with zero attached hydrogens (tertiary/aromatic N) is 1. The standard InChI is InChI=1S/C11H15NOS/c1-9(11(13)12(2)3)14-10-7-5-4-6-8-10/h4-9H,1-3H3. The maximum atomic E-state index is 11.6. The van der Waals surface area contributed by atoms with Crippen molar-refractivity contribution in [3.8, 4) is 0 Å². The highest BCUT2D eigenvalue weighted by atomic mass is 32.2. The normalized spacial score (nSPS) is 12.2. The maximum absolute atomic E-state index is 11.6. The lowest BCUT2D eigenvalue weighted by molar-refractivity contribution is -0.127. The van der Waals surface area contributed by atoms with Crippen molar-refractivity contribution in [3.05, 3.63) is 30.3 Å². The molecule has 0 aliphatic rings. The van der Waals surface area contributed by atoms with Crippen molar-refractivity contribution < 1.29 is 4.79 Å². The Balaban J connectivity index is 2.57. The topological polar surface area (TPSA) is 20.3 Å². The van der Waals surface area contributed by atoms with Crippen LogP contribution in [0.5, 0.6) is 0 Å². The summed E-state index contributed by atoms with van der Waals surface area (Å²) in [4.78, 5) is 14.3. The zero-order valence-electron chi connectivity index (χ0n) is 8.73. The van der Waals surface area contributed by atoms with Crippen LogP contribution in [0.3, 0.4) is 0 Å². The molecule has 3 heteroatoms. The third kappa shape index (κ3) is 3.07. The third-order valence-corrected chi connectivity index (χ3v) is 2.94. The van der Waals surface area contributed by atoms with E-state index in [2.05, 4.69) is 0 Å². The van der Waals surface area contributed by atoms with Crippen molar-refractivity contribution in [3.63, 3.8) is 0 Å². The van der Waals surface area contributed by atoms with Crippen LogP contribution in [-0.2, 0) is 4.79 Å². The highest BCUT2D eigenvalue weighted by Crippen LogP contribution is 2.23. The second-order valence-electron chi connectivity index (χ2n) is 3.31. The molecule has 0 fully saturated rings. The highest BCUT2D eigenvalue weighted by molar-refractivity contribution is 8.00. The summed E-state index contributed by atoms with van der Waals surface area (Å²) in [5.41, 5.74) is 0. The average Bonchev–Trinajstić information content (AvgIpc) is 2.18. The van der Waals surface area contributed by atoms with Crippen LogP contribution in [-0.4, -0.2) is 30.2 Å². The minimum atomic E-state index is -0.0209. The first-order valence-corrected chi connectivity index (χ1v) is 5.42. The molecule has 0 aliphatic carbocycles. The second kappa shape index (κ2) is 5.05. The van der Waals surface area contributed by atoms with E-state index in [0.717, 1.165) is 4.90 Å². The lowest BCUT2D eigenvalue weighted by Gasteiger charge is -2.16. The molecule has 1 aromatic carbocycles. The molecule has 14 heavy (non-hydrogen) atoms. The Morgan fingerprint density at radius 1 is 1.29 bits per heavy atom. The molecule has 1 aromatic rings. The molecule has 0 bridgehead atoms. The van der Waals surface area contributed by atoms with Gasteiger partial charge in [-0.1, -0.05) is 18.2 Å². The molecule has 0 saturated heterocycles. The van der Waals surface area contributed by atoms with Crippen LogP contribution in [0.25, 0.3) is 0 Å². The zero-order valence-corrected chi connectivity index (χ0v) is 9.54. The Bertz CT molecular complexity index is 297. The van der Waals surface area contributed by atoms with Gasteiger partial charge >= 0.3 is 0 Å². The Morgan fingerprint density at radius 3 is 2.36 bits per heavy atom. The van der Waals surface area contributed by atoms with Crippen LogP contribution in [0.1, 0.15) is 6.92 Å². The fourth-order valence-corrected chi connectivity index (χ4v) is 2.15. The summed E-state index contributed by atoms with van der Waals surface area (Å²) in [5, 5.41) is -0.0209. The Hall–Kier alpha value is -0.960. The van der Waals surface area contributed by atoms with E-state index in [1.54, 1.807) is 30.8 Å². The summed E-state index contributed by atoms with van der Waals surface area (Å²) < 4.78 is 0. The minimum Gasteiger partial charge on any atom is -0.348 e. The lowest BCUT2D eigenvalue weighted by Crippen LogP contribution is -2.29. The molecule has 0 aromatic heterocycles. The van der Waals surface area contributed by atoms with E-state index in [1.807, 2.05) is 37.3 Å². The van der Waals surface area contributed by atoms with Gasteiger partial charge in [-0.25, -0.2) is 0 Å². The van der Waals surface area contributed by atoms with E-state index >= 15 is 0 Å². The number of rotatable bonds is 3. The summed E-state index contributed by atoms with van der Waals surface area (Å²) in [6.45, 7) is 1.93. The van der Waals surface area contributed by atoms with Gasteiger partial charge in [-0.3, -0.25) is 4.79 Å². The molecule has 1 unspecified atom stereocenters. The number of carbonyl (C=O) groups is 1. The minimum absolute atomic E-state index is 0.0209. The van der Waals surface area contributed by atoms with Crippen LogP contribution in [0, 0.1) is 0 Å². The van der Waals surface area contributed by atoms with E-state index in [1.165, 1.54) is 0 Å². The first-order valence-electron chi connectivity index (χ1n) is 4.54. The van der Waals surface area contributed by atoms with Crippen molar-refractivity contribution in [1.29, 1.82) is 0 Å². The highest BCUT2D eigenvalue weighted by Gasteiger charge is 2.15. The molecule has 0 radical (unpaired) electrons. The van der Waals surface area contributed by atoms with Gasteiger partial charge in [0.15, 0.2) is 0 Å². The first kappa shape index (κ1) is 11.1. The summed E-state index contributed by atoms with van der Waals surface area (Å²) in [6.07, 6.45) is 0. The van der Waals surface area contributed by atoms with Crippen LogP contribution < -0.4 is 0 Å². The van der Waals surface area contributed by atoms with E-state index < -0.39 is 0 Å². The second-order valence-corrected chi connectivity index (χ2v) is 4.72. The number of hydrogen-bond donors (Lipinski definition) is 0. The molecule has 0 aliphatic heterocycles. The number of carbonyl (C=O) groups excluding carboxylic acids is 1. The molecule has 1 amide bonds. The van der Waals surface area contributed by atoms with Gasteiger partial charge < -0.3 is 4.90 Å². The van der Waals surface area contributed by atoms with Crippen molar-refractivity contribution in [2.24, 2.45) is 0 Å². The maximum Gasteiger partial charge on any atom is 0.235 e. The first-order chi connectivity index (χ1) is 6.61. The van der Waals surface area contributed by atoms with Crippen LogP contribution in [0.4, 0.5) is 0 Å². The molecular formula is C11H15NOS. The molecular weight excluding hydrogens is 194 g/mol. The van der Waals surface area contributed by atoms with Crippen LogP contribution in [0.15, 0.2) is 35.2 Å². The Kier molecular flexibility index (Phi) is 4.01. The van der Waals surface area contributed by atoms with Crippen molar-refractivity contribution in [2.45, 2.75) is 17.1 Å². The predicted molar refractivity (Wildman–Crippen MR) is 60.5 cm³/mol. The van der Waals surface area contributed by atoms with Crippen molar-refractivity contribution in [1.82, 2.24) is 4.90 Å². The van der Waals surface area contributed by atoms with E-state index in [9.17, 15) is 4.79 Å². The number of hydrogen-bond acceptors (Lipinski definition) is 2. The Labute approximate surface area is 89.3 Å². The lowest BCUT2D eigenvalue weighted by atomic mass is 10.4. The van der Waals surface area contributed by atoms with Gasteiger partial charge in [0, 0.05) is 19.0 Å². The van der Waals surface area contributed by atoms with Crippen LogP contribution >= 0.6 is 11.8 Å². The van der Waals surface area contributed by atoms with Crippen molar-refractivity contribution >= 4 is 17.7 Å². The van der Waals surface area contributed by atoms with E-state index in [0.29, 0.717) is 0 Å². The number of thioether (sulfide) groups is 1.